The van der Waals surface area contributed by atoms with Gasteiger partial charge in [-0.25, -0.2) is 4.79 Å². The number of carbonyl (C=O) groups is 2. The summed E-state index contributed by atoms with van der Waals surface area (Å²) >= 11 is 0. The van der Waals surface area contributed by atoms with Gasteiger partial charge >= 0.3 is 5.97 Å². The number of ether oxygens (including phenoxy) is 1. The van der Waals surface area contributed by atoms with Crippen LogP contribution in [0, 0.1) is 0 Å². The Hall–Kier alpha value is -3.28. The molecule has 0 spiro atoms. The molecule has 1 aliphatic heterocycles. The van der Waals surface area contributed by atoms with Crippen LogP contribution in [0.5, 0.6) is 5.75 Å². The van der Waals surface area contributed by atoms with Crippen LogP contribution in [-0.2, 0) is 4.79 Å². The van der Waals surface area contributed by atoms with E-state index in [1.54, 1.807) is 24.3 Å². The largest absolute Gasteiger partial charge is 0.490 e. The fraction of sp³-hybridized carbons (Fsp3) is 0.158. The SMILES string of the molecule is CN1CCOc2cc(/C=C/C(=O)Nc3ccccc3C(=O)O)ccc21. The van der Waals surface area contributed by atoms with Gasteiger partial charge in [0.05, 0.1) is 23.5 Å². The second kappa shape index (κ2) is 7.09. The number of benzene rings is 2. The Morgan fingerprint density at radius 2 is 2.04 bits per heavy atom. The molecular formula is C19H18N2O4. The van der Waals surface area contributed by atoms with Gasteiger partial charge in [-0.1, -0.05) is 18.2 Å². The summed E-state index contributed by atoms with van der Waals surface area (Å²) in [7, 11) is 2.00. The van der Waals surface area contributed by atoms with Crippen molar-refractivity contribution in [3.05, 3.63) is 59.7 Å². The predicted molar refractivity (Wildman–Crippen MR) is 96.3 cm³/mol. The zero-order chi connectivity index (χ0) is 17.8. The zero-order valence-electron chi connectivity index (χ0n) is 13.7. The minimum absolute atomic E-state index is 0.0504. The third kappa shape index (κ3) is 3.80. The van der Waals surface area contributed by atoms with Gasteiger partial charge in [-0.3, -0.25) is 4.79 Å². The molecule has 2 N–H and O–H groups in total. The van der Waals surface area contributed by atoms with Crippen molar-refractivity contribution in [2.24, 2.45) is 0 Å². The van der Waals surface area contributed by atoms with E-state index < -0.39 is 11.9 Å². The van der Waals surface area contributed by atoms with Gasteiger partial charge in [-0.05, 0) is 35.9 Å². The van der Waals surface area contributed by atoms with Gasteiger partial charge in [-0.15, -0.1) is 0 Å². The molecule has 6 nitrogen and oxygen atoms in total. The van der Waals surface area contributed by atoms with Crippen LogP contribution in [0.4, 0.5) is 11.4 Å². The van der Waals surface area contributed by atoms with Crippen molar-refractivity contribution in [2.45, 2.75) is 0 Å². The van der Waals surface area contributed by atoms with E-state index in [2.05, 4.69) is 10.2 Å². The van der Waals surface area contributed by atoms with Gasteiger partial charge in [0.1, 0.15) is 12.4 Å². The highest BCUT2D eigenvalue weighted by molar-refractivity contribution is 6.06. The molecule has 6 heteroatoms. The number of likely N-dealkylation sites (N-methyl/N-ethyl adjacent to an activating group) is 1. The van der Waals surface area contributed by atoms with Gasteiger partial charge in [0.2, 0.25) is 5.91 Å². The first kappa shape index (κ1) is 16.6. The highest BCUT2D eigenvalue weighted by Gasteiger charge is 2.14. The third-order valence-electron chi connectivity index (χ3n) is 3.92. The van der Waals surface area contributed by atoms with Gasteiger partial charge in [0.15, 0.2) is 0 Å². The number of carbonyl (C=O) groups excluding carboxylic acids is 1. The Bertz CT molecular complexity index is 845. The van der Waals surface area contributed by atoms with Crippen molar-refractivity contribution < 1.29 is 19.4 Å². The Balaban J connectivity index is 1.72. The Morgan fingerprint density at radius 1 is 1.24 bits per heavy atom. The minimum Gasteiger partial charge on any atom is -0.490 e. The van der Waals surface area contributed by atoms with Crippen LogP contribution >= 0.6 is 0 Å². The zero-order valence-corrected chi connectivity index (χ0v) is 13.7. The summed E-state index contributed by atoms with van der Waals surface area (Å²) in [5.41, 5.74) is 2.16. The molecule has 0 bridgehead atoms. The summed E-state index contributed by atoms with van der Waals surface area (Å²) in [4.78, 5) is 25.3. The molecule has 2 aromatic carbocycles. The summed E-state index contributed by atoms with van der Waals surface area (Å²) in [5.74, 6) is -0.701. The van der Waals surface area contributed by atoms with Crippen LogP contribution in [0.3, 0.4) is 0 Å². The lowest BCUT2D eigenvalue weighted by Crippen LogP contribution is -2.28. The number of hydrogen-bond acceptors (Lipinski definition) is 4. The molecule has 1 aliphatic rings. The topological polar surface area (TPSA) is 78.9 Å². The number of para-hydroxylation sites is 1. The molecule has 0 radical (unpaired) electrons. The first-order valence-corrected chi connectivity index (χ1v) is 7.84. The second-order valence-electron chi connectivity index (χ2n) is 5.67. The molecule has 0 atom stereocenters. The molecular weight excluding hydrogens is 320 g/mol. The lowest BCUT2D eigenvalue weighted by atomic mass is 10.1. The quantitative estimate of drug-likeness (QED) is 0.838. The molecule has 3 rings (SSSR count). The molecule has 25 heavy (non-hydrogen) atoms. The lowest BCUT2D eigenvalue weighted by Gasteiger charge is -2.27. The number of hydrogen-bond donors (Lipinski definition) is 2. The smallest absolute Gasteiger partial charge is 0.337 e. The summed E-state index contributed by atoms with van der Waals surface area (Å²) < 4.78 is 5.64. The Morgan fingerprint density at radius 3 is 2.84 bits per heavy atom. The van der Waals surface area contributed by atoms with Crippen LogP contribution in [0.15, 0.2) is 48.5 Å². The minimum atomic E-state index is -1.09. The fourth-order valence-electron chi connectivity index (χ4n) is 2.60. The molecule has 0 aliphatic carbocycles. The number of fused-ring (bicyclic) bond motifs is 1. The first-order valence-electron chi connectivity index (χ1n) is 7.84. The molecule has 0 unspecified atom stereocenters. The number of carboxylic acid groups (broad SMARTS) is 1. The van der Waals surface area contributed by atoms with E-state index in [1.165, 1.54) is 12.1 Å². The van der Waals surface area contributed by atoms with Crippen molar-refractivity contribution in [3.63, 3.8) is 0 Å². The standard InChI is InChI=1S/C19H18N2O4/c1-21-10-11-25-17-12-13(6-8-16(17)21)7-9-18(22)20-15-5-3-2-4-14(15)19(23)24/h2-9,12H,10-11H2,1H3,(H,20,22)(H,23,24)/b9-7+. The fourth-order valence-corrected chi connectivity index (χ4v) is 2.60. The van der Waals surface area contributed by atoms with Crippen LogP contribution in [0.25, 0.3) is 6.08 Å². The maximum atomic E-state index is 12.1. The van der Waals surface area contributed by atoms with Crippen LogP contribution in [0.2, 0.25) is 0 Å². The van der Waals surface area contributed by atoms with E-state index in [4.69, 9.17) is 9.84 Å². The average Bonchev–Trinajstić information content (AvgIpc) is 2.60. The highest BCUT2D eigenvalue weighted by Crippen LogP contribution is 2.31. The predicted octanol–water partition coefficient (Wildman–Crippen LogP) is 2.87. The number of anilines is 2. The molecule has 1 amide bonds. The van der Waals surface area contributed by atoms with E-state index in [0.29, 0.717) is 6.61 Å². The third-order valence-corrected chi connectivity index (χ3v) is 3.92. The van der Waals surface area contributed by atoms with E-state index >= 15 is 0 Å². The lowest BCUT2D eigenvalue weighted by molar-refractivity contribution is -0.111. The van der Waals surface area contributed by atoms with Crippen molar-refractivity contribution >= 4 is 29.3 Å². The highest BCUT2D eigenvalue weighted by atomic mass is 16.5. The van der Waals surface area contributed by atoms with Crippen LogP contribution in [-0.4, -0.2) is 37.2 Å². The number of carboxylic acids is 1. The molecule has 0 saturated carbocycles. The maximum Gasteiger partial charge on any atom is 0.337 e. The van der Waals surface area contributed by atoms with Crippen molar-refractivity contribution in [1.29, 1.82) is 0 Å². The number of rotatable bonds is 4. The van der Waals surface area contributed by atoms with Crippen LogP contribution in [0.1, 0.15) is 15.9 Å². The van der Waals surface area contributed by atoms with Crippen molar-refractivity contribution in [1.82, 2.24) is 0 Å². The van der Waals surface area contributed by atoms with Gasteiger partial charge < -0.3 is 20.1 Å². The number of nitrogens with one attached hydrogen (secondary N) is 1. The van der Waals surface area contributed by atoms with Crippen molar-refractivity contribution in [2.75, 3.05) is 30.4 Å². The summed E-state index contributed by atoms with van der Waals surface area (Å²) in [6.07, 6.45) is 3.03. The van der Waals surface area contributed by atoms with E-state index in [1.807, 2.05) is 25.2 Å². The number of amides is 1. The second-order valence-corrected chi connectivity index (χ2v) is 5.67. The van der Waals surface area contributed by atoms with Crippen LogP contribution < -0.4 is 15.0 Å². The maximum absolute atomic E-state index is 12.1. The van der Waals surface area contributed by atoms with E-state index in [0.717, 1.165) is 23.5 Å². The molecule has 0 fully saturated rings. The first-order chi connectivity index (χ1) is 12.0. The number of aromatic carboxylic acids is 1. The Kier molecular flexibility index (Phi) is 4.70. The van der Waals surface area contributed by atoms with E-state index in [9.17, 15) is 9.59 Å². The van der Waals surface area contributed by atoms with Gasteiger partial charge in [0, 0.05) is 13.1 Å². The summed E-state index contributed by atoms with van der Waals surface area (Å²) in [5, 5.41) is 11.7. The monoisotopic (exact) mass is 338 g/mol. The molecule has 1 heterocycles. The average molecular weight is 338 g/mol. The summed E-state index contributed by atoms with van der Waals surface area (Å²) in [6.45, 7) is 1.47. The molecule has 128 valence electrons. The van der Waals surface area contributed by atoms with Crippen molar-refractivity contribution in [3.8, 4) is 5.75 Å². The Labute approximate surface area is 145 Å². The summed E-state index contributed by atoms with van der Waals surface area (Å²) in [6, 6.07) is 12.0. The normalized spacial score (nSPS) is 13.2. The molecule has 0 aromatic heterocycles. The number of nitrogens with zero attached hydrogens (tertiary/aromatic N) is 1. The molecule has 2 aromatic rings. The molecule has 0 saturated heterocycles. The van der Waals surface area contributed by atoms with Gasteiger partial charge in [-0.2, -0.15) is 0 Å². The van der Waals surface area contributed by atoms with E-state index in [-0.39, 0.29) is 11.3 Å². The van der Waals surface area contributed by atoms with Gasteiger partial charge in [0.25, 0.3) is 0 Å².